The van der Waals surface area contributed by atoms with Crippen LogP contribution in [0, 0.1) is 28.5 Å². The number of aliphatic hydroxyl groups excluding tert-OH is 1. The smallest absolute Gasteiger partial charge is 0.385 e. The molecule has 7 atom stereocenters. The van der Waals surface area contributed by atoms with E-state index in [2.05, 4.69) is 17.0 Å². The number of hydrogen-bond donors (Lipinski definition) is 4. The van der Waals surface area contributed by atoms with Gasteiger partial charge in [0.2, 0.25) is 5.60 Å². The molecule has 17 heteroatoms. The molecule has 1 saturated heterocycles. The molecule has 318 valence electrons. The molecule has 1 aliphatic carbocycles. The first-order valence-electron chi connectivity index (χ1n) is 20.6. The number of unbranched alkanes of at least 4 members (excludes halogenated alkanes) is 15. The molecule has 2 unspecified atom stereocenters. The van der Waals surface area contributed by atoms with Crippen molar-refractivity contribution in [3.63, 3.8) is 0 Å². The number of halogens is 1. The first kappa shape index (κ1) is 45.5. The van der Waals surface area contributed by atoms with Crippen LogP contribution in [0.15, 0.2) is 36.7 Å². The number of anilines is 1. The predicted molar refractivity (Wildman–Crippen MR) is 211 cm³/mol. The lowest BCUT2D eigenvalue weighted by atomic mass is 9.90. The Balaban J connectivity index is 1.04. The van der Waals surface area contributed by atoms with Crippen molar-refractivity contribution in [2.24, 2.45) is 0 Å². The molecule has 58 heavy (non-hydrogen) atoms. The summed E-state index contributed by atoms with van der Waals surface area (Å²) in [6, 6.07) is 10.7. The van der Waals surface area contributed by atoms with E-state index in [1.165, 1.54) is 112 Å². The van der Waals surface area contributed by atoms with E-state index in [1.54, 1.807) is 0 Å². The van der Waals surface area contributed by atoms with Crippen molar-refractivity contribution in [3.05, 3.63) is 59.3 Å². The highest BCUT2D eigenvalue weighted by Gasteiger charge is 2.83. The third kappa shape index (κ3) is 11.4. The van der Waals surface area contributed by atoms with Gasteiger partial charge in [-0.2, -0.15) is 15.6 Å². The van der Waals surface area contributed by atoms with Crippen LogP contribution in [0.4, 0.5) is 10.2 Å². The van der Waals surface area contributed by atoms with Crippen molar-refractivity contribution in [1.82, 2.24) is 14.6 Å². The molecule has 3 aromatic rings. The lowest BCUT2D eigenvalue weighted by Crippen LogP contribution is -2.47. The molecular weight excluding hydrogens is 770 g/mol. The van der Waals surface area contributed by atoms with Crippen LogP contribution in [0.1, 0.15) is 126 Å². The molecular formula is C41H58FN6O9P. The second-order valence-corrected chi connectivity index (χ2v) is 16.8. The third-order valence-corrected chi connectivity index (χ3v) is 12.0. The summed E-state index contributed by atoms with van der Waals surface area (Å²) in [6.45, 7) is 1.87. The molecule has 1 saturated carbocycles. The Morgan fingerprint density at radius 1 is 0.983 bits per heavy atom. The van der Waals surface area contributed by atoms with Crippen LogP contribution in [-0.2, 0) is 40.0 Å². The number of ether oxygens (including phenoxy) is 3. The van der Waals surface area contributed by atoms with Crippen LogP contribution in [-0.4, -0.2) is 79.5 Å². The molecule has 3 heterocycles. The molecule has 2 fully saturated rings. The first-order chi connectivity index (χ1) is 28.0. The SMILES string of the molecule is CCCCCCCCCCCCCCCCCCOC[C@H](COP(=O)(O)OC1[C@H]2O[C@@](C#N)(c3ccc4c(N)ncnn34)[C@H](O)[C@@]12O)OCc1ccc(C#N)cc1F. The average Bonchev–Trinajstić information content (AvgIpc) is 3.45. The third-order valence-electron chi connectivity index (χ3n) is 11.0. The van der Waals surface area contributed by atoms with E-state index in [9.17, 15) is 29.3 Å². The van der Waals surface area contributed by atoms with Crippen molar-refractivity contribution >= 4 is 19.2 Å². The molecule has 2 aromatic heterocycles. The topological polar surface area (TPSA) is 228 Å². The van der Waals surface area contributed by atoms with E-state index in [-0.39, 0.29) is 35.9 Å². The highest BCUT2D eigenvalue weighted by Crippen LogP contribution is 2.63. The number of fused-ring (bicyclic) bond motifs is 2. The highest BCUT2D eigenvalue weighted by atomic mass is 31.2. The van der Waals surface area contributed by atoms with Gasteiger partial charge < -0.3 is 35.1 Å². The normalized spacial score (nSPS) is 23.9. The summed E-state index contributed by atoms with van der Waals surface area (Å²) in [6.07, 6.45) is 15.4. The van der Waals surface area contributed by atoms with E-state index in [4.69, 9.17) is 34.3 Å². The molecule has 1 aromatic carbocycles. The van der Waals surface area contributed by atoms with Gasteiger partial charge in [-0.25, -0.2) is 18.5 Å². The Labute approximate surface area is 339 Å². The molecule has 5 rings (SSSR count). The standard InChI is InChI=1S/C41H58FN6O9P/c1-2-3-4-5-6-7-8-9-10-11-12-13-14-15-16-17-22-53-26-32(54-25-31-19-18-30(24-43)23-33(31)42)27-55-58(51,52)57-37-36-41(37,50)39(49)40(28-44,56-36)35-21-20-34-38(45)46-29-47-48(34)35/h18-21,23,29,32,36-37,39,49-50H,2-17,22,25-27H2,1H3,(H,51,52)(H2,45,46,47)/t32-,36-,37?,39+,40+,41+/m1/s1. The van der Waals surface area contributed by atoms with E-state index >= 15 is 0 Å². The minimum Gasteiger partial charge on any atom is -0.385 e. The van der Waals surface area contributed by atoms with Gasteiger partial charge in [-0.05, 0) is 30.7 Å². The first-order valence-corrected chi connectivity index (χ1v) is 22.1. The van der Waals surface area contributed by atoms with Gasteiger partial charge in [0.15, 0.2) is 11.4 Å². The largest absolute Gasteiger partial charge is 0.472 e. The fraction of sp³-hybridized carbons (Fsp3) is 0.659. The number of nitrogen functional groups attached to an aromatic ring is 1. The number of rotatable bonds is 28. The summed E-state index contributed by atoms with van der Waals surface area (Å²) in [5.74, 6) is -0.534. The minimum atomic E-state index is -4.94. The van der Waals surface area contributed by atoms with Gasteiger partial charge in [-0.3, -0.25) is 9.05 Å². The Morgan fingerprint density at radius 2 is 1.62 bits per heavy atom. The molecule has 0 radical (unpaired) electrons. The van der Waals surface area contributed by atoms with Gasteiger partial charge in [0, 0.05) is 12.2 Å². The number of phosphoric acid groups is 1. The van der Waals surface area contributed by atoms with Crippen molar-refractivity contribution < 1.29 is 47.3 Å². The summed E-state index contributed by atoms with van der Waals surface area (Å²) in [7, 11) is -4.94. The van der Waals surface area contributed by atoms with Gasteiger partial charge in [0.1, 0.15) is 48.1 Å². The maximum atomic E-state index is 14.6. The molecule has 0 spiro atoms. The summed E-state index contributed by atoms with van der Waals surface area (Å²) in [5.41, 5.74) is 2.26. The summed E-state index contributed by atoms with van der Waals surface area (Å²) in [5, 5.41) is 45.8. The Kier molecular flexibility index (Phi) is 17.0. The number of phosphoric ester groups is 1. The van der Waals surface area contributed by atoms with Crippen LogP contribution in [0.2, 0.25) is 0 Å². The number of hydrogen-bond acceptors (Lipinski definition) is 13. The fourth-order valence-electron chi connectivity index (χ4n) is 7.51. The molecule has 15 nitrogen and oxygen atoms in total. The summed E-state index contributed by atoms with van der Waals surface area (Å²) < 4.78 is 57.0. The van der Waals surface area contributed by atoms with Crippen molar-refractivity contribution in [2.75, 3.05) is 25.6 Å². The van der Waals surface area contributed by atoms with Crippen molar-refractivity contribution in [2.45, 2.75) is 152 Å². The van der Waals surface area contributed by atoms with E-state index in [0.717, 1.165) is 31.7 Å². The monoisotopic (exact) mass is 828 g/mol. The molecule has 0 bridgehead atoms. The zero-order valence-corrected chi connectivity index (χ0v) is 34.2. The van der Waals surface area contributed by atoms with E-state index < -0.39 is 55.9 Å². The summed E-state index contributed by atoms with van der Waals surface area (Å²) in [4.78, 5) is 14.6. The minimum absolute atomic E-state index is 0.0432. The maximum absolute atomic E-state index is 14.6. The van der Waals surface area contributed by atoms with Crippen LogP contribution in [0.25, 0.3) is 5.52 Å². The number of nitrogens with two attached hydrogens (primary N) is 1. The second-order valence-electron chi connectivity index (χ2n) is 15.4. The zero-order valence-electron chi connectivity index (χ0n) is 33.3. The Morgan fingerprint density at radius 3 is 2.19 bits per heavy atom. The van der Waals surface area contributed by atoms with Gasteiger partial charge in [0.25, 0.3) is 0 Å². The van der Waals surface area contributed by atoms with Gasteiger partial charge in [-0.15, -0.1) is 0 Å². The Hall–Kier alpha value is -3.54. The van der Waals surface area contributed by atoms with E-state index in [0.29, 0.717) is 12.1 Å². The fourth-order valence-corrected chi connectivity index (χ4v) is 8.49. The van der Waals surface area contributed by atoms with Crippen LogP contribution in [0.5, 0.6) is 0 Å². The van der Waals surface area contributed by atoms with Gasteiger partial charge >= 0.3 is 7.82 Å². The quantitative estimate of drug-likeness (QED) is 0.0431. The number of nitriles is 2. The predicted octanol–water partition coefficient (Wildman–Crippen LogP) is 6.91. The Bertz CT molecular complexity index is 1910. The number of aromatic nitrogens is 3. The molecule has 1 aliphatic heterocycles. The average molecular weight is 829 g/mol. The van der Waals surface area contributed by atoms with Crippen molar-refractivity contribution in [3.8, 4) is 12.1 Å². The zero-order chi connectivity index (χ0) is 41.6. The molecule has 2 aliphatic rings. The number of nitrogens with zero attached hydrogens (tertiary/aromatic N) is 5. The molecule has 0 amide bonds. The van der Waals surface area contributed by atoms with Crippen molar-refractivity contribution in [1.29, 1.82) is 10.5 Å². The number of aliphatic hydroxyl groups is 2. The van der Waals surface area contributed by atoms with Gasteiger partial charge in [-0.1, -0.05) is 109 Å². The second kappa shape index (κ2) is 21.6. The summed E-state index contributed by atoms with van der Waals surface area (Å²) >= 11 is 0. The number of benzene rings is 1. The lowest BCUT2D eigenvalue weighted by molar-refractivity contribution is -0.107. The van der Waals surface area contributed by atoms with Gasteiger partial charge in [0.05, 0.1) is 37.1 Å². The maximum Gasteiger partial charge on any atom is 0.472 e. The molecule has 5 N–H and O–H groups in total. The highest BCUT2D eigenvalue weighted by molar-refractivity contribution is 7.47. The van der Waals surface area contributed by atoms with Crippen LogP contribution < -0.4 is 5.73 Å². The lowest BCUT2D eigenvalue weighted by Gasteiger charge is -2.29. The van der Waals surface area contributed by atoms with Crippen LogP contribution >= 0.6 is 7.82 Å². The van der Waals surface area contributed by atoms with E-state index in [1.807, 2.05) is 12.1 Å². The van der Waals surface area contributed by atoms with Crippen LogP contribution in [0.3, 0.4) is 0 Å².